The lowest BCUT2D eigenvalue weighted by Crippen LogP contribution is -2.25. The summed E-state index contributed by atoms with van der Waals surface area (Å²) >= 11 is 0. The van der Waals surface area contributed by atoms with Crippen LogP contribution in [0.2, 0.25) is 0 Å². The zero-order chi connectivity index (χ0) is 11.5. The number of nitrogens with one attached hydrogen (secondary N) is 2. The molecule has 0 aliphatic heterocycles. The molecule has 4 nitrogen and oxygen atoms in total. The van der Waals surface area contributed by atoms with E-state index < -0.39 is 0 Å². The molecule has 4 heteroatoms. The van der Waals surface area contributed by atoms with Crippen molar-refractivity contribution in [1.29, 1.82) is 0 Å². The summed E-state index contributed by atoms with van der Waals surface area (Å²) in [6, 6.07) is 7.64. The van der Waals surface area contributed by atoms with E-state index in [4.69, 9.17) is 0 Å². The van der Waals surface area contributed by atoms with Crippen molar-refractivity contribution in [3.8, 4) is 0 Å². The average molecular weight is 216 g/mol. The molecule has 1 aromatic heterocycles. The predicted molar refractivity (Wildman–Crippen MR) is 61.4 cm³/mol. The van der Waals surface area contributed by atoms with Crippen LogP contribution >= 0.6 is 0 Å². The number of aryl methyl sites for hydroxylation is 1. The smallest absolute Gasteiger partial charge is 0.268 e. The molecule has 0 unspecified atom stereocenters. The predicted octanol–water partition coefficient (Wildman–Crippen LogP) is 1.41. The maximum atomic E-state index is 11.6. The van der Waals surface area contributed by atoms with Gasteiger partial charge in [-0.05, 0) is 18.6 Å². The monoisotopic (exact) mass is 216 g/mol. The number of para-hydroxylation sites is 1. The summed E-state index contributed by atoms with van der Waals surface area (Å²) in [4.78, 5) is 24.8. The molecule has 0 saturated carbocycles. The van der Waals surface area contributed by atoms with Crippen LogP contribution in [0.4, 0.5) is 0 Å². The molecular weight excluding hydrogens is 204 g/mol. The van der Waals surface area contributed by atoms with Crippen molar-refractivity contribution in [2.24, 2.45) is 0 Å². The lowest BCUT2D eigenvalue weighted by Gasteiger charge is -1.97. The van der Waals surface area contributed by atoms with Gasteiger partial charge in [-0.3, -0.25) is 4.79 Å². The van der Waals surface area contributed by atoms with E-state index in [-0.39, 0.29) is 12.5 Å². The molecule has 1 aromatic carbocycles. The van der Waals surface area contributed by atoms with Crippen LogP contribution < -0.4 is 5.32 Å². The van der Waals surface area contributed by atoms with E-state index in [1.165, 1.54) is 0 Å². The number of amides is 1. The lowest BCUT2D eigenvalue weighted by atomic mass is 10.2. The van der Waals surface area contributed by atoms with E-state index in [9.17, 15) is 9.59 Å². The molecule has 0 saturated heterocycles. The van der Waals surface area contributed by atoms with Crippen molar-refractivity contribution in [1.82, 2.24) is 10.3 Å². The fourth-order valence-corrected chi connectivity index (χ4v) is 1.66. The van der Waals surface area contributed by atoms with Gasteiger partial charge in [0, 0.05) is 10.9 Å². The summed E-state index contributed by atoms with van der Waals surface area (Å²) in [6.45, 7) is 2.01. The van der Waals surface area contributed by atoms with Crippen molar-refractivity contribution < 1.29 is 9.59 Å². The highest BCUT2D eigenvalue weighted by Gasteiger charge is 2.09. The highest BCUT2D eigenvalue weighted by molar-refractivity contribution is 5.99. The number of rotatable bonds is 3. The lowest BCUT2D eigenvalue weighted by molar-refractivity contribution is -0.107. The highest BCUT2D eigenvalue weighted by atomic mass is 16.2. The normalized spacial score (nSPS) is 10.3. The summed E-state index contributed by atoms with van der Waals surface area (Å²) in [7, 11) is 0. The number of carbonyl (C=O) groups excluding carboxylic acids is 2. The Hall–Kier alpha value is -2.10. The van der Waals surface area contributed by atoms with Crippen LogP contribution in [0.5, 0.6) is 0 Å². The van der Waals surface area contributed by atoms with Gasteiger partial charge in [-0.2, -0.15) is 0 Å². The fourth-order valence-electron chi connectivity index (χ4n) is 1.66. The maximum absolute atomic E-state index is 11.6. The molecule has 1 amide bonds. The Balaban J connectivity index is 2.36. The number of carbonyl (C=O) groups is 2. The van der Waals surface area contributed by atoms with E-state index in [1.807, 2.05) is 25.1 Å². The maximum Gasteiger partial charge on any atom is 0.268 e. The summed E-state index contributed by atoms with van der Waals surface area (Å²) in [5.41, 5.74) is 2.52. The third-order valence-corrected chi connectivity index (χ3v) is 2.46. The molecule has 1 heterocycles. The van der Waals surface area contributed by atoms with E-state index >= 15 is 0 Å². The minimum absolute atomic E-state index is 0.0349. The Morgan fingerprint density at radius 3 is 3.00 bits per heavy atom. The Bertz CT molecular complexity index is 543. The molecule has 0 bridgehead atoms. The van der Waals surface area contributed by atoms with Gasteiger partial charge >= 0.3 is 0 Å². The van der Waals surface area contributed by atoms with Gasteiger partial charge < -0.3 is 15.1 Å². The zero-order valence-corrected chi connectivity index (χ0v) is 8.91. The number of aromatic nitrogens is 1. The Morgan fingerprint density at radius 2 is 2.31 bits per heavy atom. The van der Waals surface area contributed by atoms with Crippen LogP contribution in [0, 0.1) is 6.92 Å². The second kappa shape index (κ2) is 4.18. The summed E-state index contributed by atoms with van der Waals surface area (Å²) in [5.74, 6) is -0.261. The van der Waals surface area contributed by atoms with Crippen molar-refractivity contribution in [2.75, 3.05) is 6.54 Å². The van der Waals surface area contributed by atoms with Crippen LogP contribution in [0.1, 0.15) is 16.1 Å². The molecule has 2 N–H and O–H groups in total. The van der Waals surface area contributed by atoms with E-state index in [2.05, 4.69) is 10.3 Å². The summed E-state index contributed by atoms with van der Waals surface area (Å²) in [5, 5.41) is 3.49. The van der Waals surface area contributed by atoms with E-state index in [0.29, 0.717) is 12.0 Å². The fraction of sp³-hybridized carbons (Fsp3) is 0.167. The number of aldehydes is 1. The van der Waals surface area contributed by atoms with Gasteiger partial charge in [0.25, 0.3) is 5.91 Å². The van der Waals surface area contributed by atoms with Gasteiger partial charge in [0.05, 0.1) is 6.54 Å². The van der Waals surface area contributed by atoms with Gasteiger partial charge in [0.2, 0.25) is 0 Å². The molecule has 0 atom stereocenters. The molecule has 0 spiro atoms. The molecule has 2 rings (SSSR count). The third-order valence-electron chi connectivity index (χ3n) is 2.46. The van der Waals surface area contributed by atoms with Gasteiger partial charge in [0.1, 0.15) is 12.0 Å². The number of hydrogen-bond acceptors (Lipinski definition) is 2. The van der Waals surface area contributed by atoms with Gasteiger partial charge in [-0.15, -0.1) is 0 Å². The second-order valence-electron chi connectivity index (χ2n) is 3.60. The van der Waals surface area contributed by atoms with Crippen LogP contribution in [0.25, 0.3) is 10.9 Å². The Labute approximate surface area is 92.7 Å². The number of benzene rings is 1. The van der Waals surface area contributed by atoms with Crippen LogP contribution in [-0.2, 0) is 4.79 Å². The Morgan fingerprint density at radius 1 is 1.50 bits per heavy atom. The zero-order valence-electron chi connectivity index (χ0n) is 8.91. The van der Waals surface area contributed by atoms with Crippen molar-refractivity contribution in [2.45, 2.75) is 6.92 Å². The van der Waals surface area contributed by atoms with Crippen molar-refractivity contribution >= 4 is 23.1 Å². The standard InChI is InChI=1S/C12H12N2O2/c1-8-3-2-4-9-7-10(14-11(8)9)12(16)13-5-6-15/h2-4,6-7,14H,5H2,1H3,(H,13,16). The highest BCUT2D eigenvalue weighted by Crippen LogP contribution is 2.18. The first-order valence-corrected chi connectivity index (χ1v) is 5.02. The average Bonchev–Trinajstić information content (AvgIpc) is 2.71. The molecule has 16 heavy (non-hydrogen) atoms. The number of H-pyrrole nitrogens is 1. The first-order valence-electron chi connectivity index (χ1n) is 5.02. The minimum Gasteiger partial charge on any atom is -0.350 e. The molecule has 0 aliphatic rings. The Kier molecular flexibility index (Phi) is 2.72. The van der Waals surface area contributed by atoms with Crippen LogP contribution in [0.3, 0.4) is 0 Å². The summed E-state index contributed by atoms with van der Waals surface area (Å²) in [6.07, 6.45) is 0.659. The van der Waals surface area contributed by atoms with Crippen LogP contribution in [-0.4, -0.2) is 23.7 Å². The minimum atomic E-state index is -0.261. The number of aromatic amines is 1. The molecule has 0 aliphatic carbocycles. The first-order chi connectivity index (χ1) is 7.72. The first kappa shape index (κ1) is 10.4. The van der Waals surface area contributed by atoms with Gasteiger partial charge in [-0.1, -0.05) is 18.2 Å². The number of fused-ring (bicyclic) bond motifs is 1. The molecule has 0 radical (unpaired) electrons. The van der Waals surface area contributed by atoms with E-state index in [1.54, 1.807) is 6.07 Å². The van der Waals surface area contributed by atoms with E-state index in [0.717, 1.165) is 16.5 Å². The largest absolute Gasteiger partial charge is 0.350 e. The van der Waals surface area contributed by atoms with Crippen molar-refractivity contribution in [3.05, 3.63) is 35.5 Å². The third kappa shape index (κ3) is 1.82. The SMILES string of the molecule is Cc1cccc2cc(C(=O)NCC=O)[nH]c12. The van der Waals surface area contributed by atoms with Crippen molar-refractivity contribution in [3.63, 3.8) is 0 Å². The van der Waals surface area contributed by atoms with Gasteiger partial charge in [0.15, 0.2) is 0 Å². The van der Waals surface area contributed by atoms with Crippen LogP contribution in [0.15, 0.2) is 24.3 Å². The molecular formula is C12H12N2O2. The molecule has 82 valence electrons. The second-order valence-corrected chi connectivity index (χ2v) is 3.60. The topological polar surface area (TPSA) is 62.0 Å². The summed E-state index contributed by atoms with van der Waals surface area (Å²) < 4.78 is 0. The van der Waals surface area contributed by atoms with Gasteiger partial charge in [-0.25, -0.2) is 0 Å². The molecule has 2 aromatic rings. The number of hydrogen-bond donors (Lipinski definition) is 2. The quantitative estimate of drug-likeness (QED) is 0.762. The molecule has 0 fully saturated rings.